The summed E-state index contributed by atoms with van der Waals surface area (Å²) >= 11 is 6.47. The molecule has 1 amide bonds. The van der Waals surface area contributed by atoms with Gasteiger partial charge in [0.15, 0.2) is 5.75 Å². The Morgan fingerprint density at radius 2 is 1.83 bits per heavy atom. The van der Waals surface area contributed by atoms with Crippen LogP contribution in [0, 0.1) is 0 Å². The molecule has 0 spiro atoms. The molecular weight excluding hydrogens is 400 g/mol. The highest BCUT2D eigenvalue weighted by Crippen LogP contribution is 2.33. The summed E-state index contributed by atoms with van der Waals surface area (Å²) < 4.78 is 7.46. The van der Waals surface area contributed by atoms with E-state index in [2.05, 4.69) is 18.2 Å². The van der Waals surface area contributed by atoms with Crippen molar-refractivity contribution in [2.45, 2.75) is 38.3 Å². The maximum Gasteiger partial charge on any atom is 0.293 e. The number of rotatable bonds is 4. The van der Waals surface area contributed by atoms with Crippen LogP contribution in [-0.4, -0.2) is 28.5 Å². The summed E-state index contributed by atoms with van der Waals surface area (Å²) in [5.41, 5.74) is 1.43. The molecule has 3 heterocycles. The zero-order valence-electron chi connectivity index (χ0n) is 16.6. The average Bonchev–Trinajstić information content (AvgIpc) is 3.45. The number of likely N-dealkylation sites (tertiary alicyclic amines) is 1. The minimum atomic E-state index is -0.479. The molecule has 1 fully saturated rings. The first-order chi connectivity index (χ1) is 14.6. The number of benzene rings is 2. The van der Waals surface area contributed by atoms with Crippen LogP contribution in [0.15, 0.2) is 53.3 Å². The largest absolute Gasteiger partial charge is 0.483 e. The third-order valence-corrected chi connectivity index (χ3v) is 6.46. The van der Waals surface area contributed by atoms with Gasteiger partial charge in [-0.05, 0) is 48.1 Å². The highest BCUT2D eigenvalue weighted by Gasteiger charge is 2.35. The van der Waals surface area contributed by atoms with Crippen molar-refractivity contribution in [1.29, 1.82) is 0 Å². The van der Waals surface area contributed by atoms with Gasteiger partial charge in [0.1, 0.15) is 12.6 Å². The number of fused-ring (bicyclic) bond motifs is 2. The molecule has 3 aromatic rings. The van der Waals surface area contributed by atoms with Crippen molar-refractivity contribution in [3.8, 4) is 5.75 Å². The van der Waals surface area contributed by atoms with Crippen molar-refractivity contribution in [3.63, 3.8) is 0 Å². The number of hydrogen-bond donors (Lipinski definition) is 0. The Hall–Kier alpha value is -2.79. The summed E-state index contributed by atoms with van der Waals surface area (Å²) in [7, 11) is 0. The number of carbonyl (C=O) groups excluding carboxylic acids is 1. The number of halogens is 1. The van der Waals surface area contributed by atoms with E-state index < -0.39 is 6.04 Å². The molecule has 0 aliphatic carbocycles. The first-order valence-electron chi connectivity index (χ1n) is 10.4. The molecule has 1 atom stereocenters. The van der Waals surface area contributed by atoms with Gasteiger partial charge in [-0.15, -0.1) is 0 Å². The van der Waals surface area contributed by atoms with E-state index in [1.54, 1.807) is 10.6 Å². The van der Waals surface area contributed by atoms with Crippen LogP contribution in [0.1, 0.15) is 36.6 Å². The number of aromatic nitrogens is 1. The molecule has 0 bridgehead atoms. The number of carbonyl (C=O) groups is 1. The Balaban J connectivity index is 1.42. The van der Waals surface area contributed by atoms with Crippen molar-refractivity contribution < 1.29 is 9.53 Å². The van der Waals surface area contributed by atoms with Crippen LogP contribution >= 0.6 is 11.6 Å². The van der Waals surface area contributed by atoms with Gasteiger partial charge < -0.3 is 9.64 Å². The molecule has 30 heavy (non-hydrogen) atoms. The molecule has 154 valence electrons. The fourth-order valence-electron chi connectivity index (χ4n) is 4.56. The van der Waals surface area contributed by atoms with E-state index in [4.69, 9.17) is 16.3 Å². The summed E-state index contributed by atoms with van der Waals surface area (Å²) in [6.45, 7) is 1.80. The quantitative estimate of drug-likeness (QED) is 0.628. The molecule has 1 aromatic heterocycles. The Labute approximate surface area is 179 Å². The first kappa shape index (κ1) is 19.2. The minimum Gasteiger partial charge on any atom is -0.483 e. The Kier molecular flexibility index (Phi) is 4.99. The van der Waals surface area contributed by atoms with Gasteiger partial charge in [0.2, 0.25) is 5.91 Å². The molecule has 5 rings (SSSR count). The number of nitrogens with zero attached hydrogens (tertiary/aromatic N) is 2. The molecule has 0 saturated carbocycles. The topological polar surface area (TPSA) is 51.5 Å². The molecule has 1 saturated heterocycles. The van der Waals surface area contributed by atoms with Crippen molar-refractivity contribution in [2.24, 2.45) is 0 Å². The van der Waals surface area contributed by atoms with Crippen LogP contribution in [0.25, 0.3) is 10.8 Å². The van der Waals surface area contributed by atoms with E-state index in [-0.39, 0.29) is 23.8 Å². The van der Waals surface area contributed by atoms with E-state index in [1.165, 1.54) is 0 Å². The number of ether oxygens (including phenoxy) is 1. The van der Waals surface area contributed by atoms with E-state index in [9.17, 15) is 9.59 Å². The molecule has 5 nitrogen and oxygen atoms in total. The van der Waals surface area contributed by atoms with Crippen LogP contribution in [0.4, 0.5) is 0 Å². The standard InChI is InChI=1S/C24H23ClN2O3/c25-19-14-22(30-15-16-7-8-17-5-1-2-6-18(17)13-16)24(29)27-20(19)9-10-21(27)23(28)26-11-3-4-12-26/h1-2,5-8,13-14,21H,3-4,9-12,15H2/t21-/m0/s1. The van der Waals surface area contributed by atoms with Gasteiger partial charge in [0.25, 0.3) is 5.56 Å². The zero-order valence-corrected chi connectivity index (χ0v) is 17.4. The monoisotopic (exact) mass is 422 g/mol. The van der Waals surface area contributed by atoms with Crippen LogP contribution in [0.2, 0.25) is 5.02 Å². The van der Waals surface area contributed by atoms with Gasteiger partial charge in [-0.1, -0.05) is 48.0 Å². The van der Waals surface area contributed by atoms with Crippen molar-refractivity contribution >= 4 is 28.3 Å². The summed E-state index contributed by atoms with van der Waals surface area (Å²) in [6.07, 6.45) is 3.29. The second kappa shape index (κ2) is 7.80. The predicted molar refractivity (Wildman–Crippen MR) is 117 cm³/mol. The highest BCUT2D eigenvalue weighted by atomic mass is 35.5. The normalized spacial score (nSPS) is 18.0. The molecule has 0 unspecified atom stereocenters. The van der Waals surface area contributed by atoms with Gasteiger partial charge in [-0.2, -0.15) is 0 Å². The van der Waals surface area contributed by atoms with Gasteiger partial charge in [0, 0.05) is 24.8 Å². The molecule has 6 heteroatoms. The second-order valence-electron chi connectivity index (χ2n) is 8.04. The fourth-order valence-corrected chi connectivity index (χ4v) is 4.85. The zero-order chi connectivity index (χ0) is 20.7. The molecule has 2 aromatic carbocycles. The lowest BCUT2D eigenvalue weighted by Crippen LogP contribution is -2.37. The predicted octanol–water partition coefficient (Wildman–Crippen LogP) is 4.34. The number of hydrogen-bond acceptors (Lipinski definition) is 3. The maximum atomic E-state index is 13.2. The Morgan fingerprint density at radius 1 is 1.07 bits per heavy atom. The highest BCUT2D eigenvalue weighted by molar-refractivity contribution is 6.31. The Bertz CT molecular complexity index is 1180. The molecule has 0 radical (unpaired) electrons. The molecule has 2 aliphatic heterocycles. The van der Waals surface area contributed by atoms with Gasteiger partial charge in [0.05, 0.1) is 5.02 Å². The van der Waals surface area contributed by atoms with Crippen molar-refractivity contribution in [3.05, 3.63) is 75.2 Å². The third-order valence-electron chi connectivity index (χ3n) is 6.13. The van der Waals surface area contributed by atoms with E-state index in [1.807, 2.05) is 29.2 Å². The van der Waals surface area contributed by atoms with E-state index in [0.717, 1.165) is 48.0 Å². The lowest BCUT2D eigenvalue weighted by Gasteiger charge is -2.22. The Morgan fingerprint density at radius 3 is 2.63 bits per heavy atom. The van der Waals surface area contributed by atoms with Crippen molar-refractivity contribution in [1.82, 2.24) is 9.47 Å². The first-order valence-corrected chi connectivity index (χ1v) is 10.8. The number of pyridine rings is 1. The molecule has 0 N–H and O–H groups in total. The summed E-state index contributed by atoms with van der Waals surface area (Å²) in [5, 5.41) is 2.77. The lowest BCUT2D eigenvalue weighted by atomic mass is 10.1. The lowest BCUT2D eigenvalue weighted by molar-refractivity contribution is -0.133. The van der Waals surface area contributed by atoms with Gasteiger partial charge >= 0.3 is 0 Å². The fraction of sp³-hybridized carbons (Fsp3) is 0.333. The summed E-state index contributed by atoms with van der Waals surface area (Å²) in [5.74, 6) is 0.217. The third kappa shape index (κ3) is 3.37. The van der Waals surface area contributed by atoms with E-state index in [0.29, 0.717) is 17.9 Å². The molecular formula is C24H23ClN2O3. The SMILES string of the molecule is O=C([C@@H]1CCc2c(Cl)cc(OCc3ccc4ccccc4c3)c(=O)n21)N1CCCC1. The van der Waals surface area contributed by atoms with Crippen molar-refractivity contribution in [2.75, 3.05) is 13.1 Å². The summed E-state index contributed by atoms with van der Waals surface area (Å²) in [6, 6.07) is 15.3. The summed E-state index contributed by atoms with van der Waals surface area (Å²) in [4.78, 5) is 28.0. The van der Waals surface area contributed by atoms with Gasteiger partial charge in [-0.25, -0.2) is 0 Å². The minimum absolute atomic E-state index is 0.0242. The van der Waals surface area contributed by atoms with E-state index >= 15 is 0 Å². The van der Waals surface area contributed by atoms with Crippen LogP contribution < -0.4 is 10.3 Å². The second-order valence-corrected chi connectivity index (χ2v) is 8.44. The van der Waals surface area contributed by atoms with Gasteiger partial charge in [-0.3, -0.25) is 14.2 Å². The van der Waals surface area contributed by atoms with Crippen LogP contribution in [-0.2, 0) is 17.8 Å². The average molecular weight is 423 g/mol. The maximum absolute atomic E-state index is 13.2. The smallest absolute Gasteiger partial charge is 0.293 e. The molecule has 2 aliphatic rings. The van der Waals surface area contributed by atoms with Crippen LogP contribution in [0.5, 0.6) is 5.75 Å². The number of amides is 1. The van der Waals surface area contributed by atoms with Crippen LogP contribution in [0.3, 0.4) is 0 Å².